The monoisotopic (exact) mass is 513 g/mol. The SMILES string of the molecule is CN=C(SCCCN1C[C@H]2C[C@@]2(c2ccc(C(C)(F)F)nc2)C1)N(C)C(=C(C)C)c1cccnc1C. The molecule has 36 heavy (non-hydrogen) atoms. The lowest BCUT2D eigenvalue weighted by Crippen LogP contribution is -2.28. The van der Waals surface area contributed by atoms with Gasteiger partial charge in [0.15, 0.2) is 5.17 Å². The van der Waals surface area contributed by atoms with Gasteiger partial charge in [0, 0.05) is 68.9 Å². The topological polar surface area (TPSA) is 44.6 Å². The van der Waals surface area contributed by atoms with Gasteiger partial charge in [0.2, 0.25) is 0 Å². The lowest BCUT2D eigenvalue weighted by Gasteiger charge is -2.26. The first-order chi connectivity index (χ1) is 17.1. The van der Waals surface area contributed by atoms with Crippen LogP contribution < -0.4 is 0 Å². The molecule has 0 bridgehead atoms. The molecule has 0 spiro atoms. The maximum Gasteiger partial charge on any atom is 0.286 e. The number of piperidine rings is 1. The van der Waals surface area contributed by atoms with Crippen LogP contribution >= 0.6 is 11.8 Å². The number of pyridine rings is 2. The molecule has 2 fully saturated rings. The fourth-order valence-electron chi connectivity index (χ4n) is 5.53. The Morgan fingerprint density at radius 2 is 2.06 bits per heavy atom. The van der Waals surface area contributed by atoms with Gasteiger partial charge in [0.25, 0.3) is 5.92 Å². The third-order valence-corrected chi connectivity index (χ3v) is 8.61. The summed E-state index contributed by atoms with van der Waals surface area (Å²) < 4.78 is 27.1. The largest absolute Gasteiger partial charge is 0.324 e. The lowest BCUT2D eigenvalue weighted by molar-refractivity contribution is 0.0127. The predicted octanol–water partition coefficient (Wildman–Crippen LogP) is 5.96. The zero-order chi connectivity index (χ0) is 26.1. The number of likely N-dealkylation sites (tertiary alicyclic amines) is 1. The van der Waals surface area contributed by atoms with Crippen molar-refractivity contribution in [1.82, 2.24) is 19.8 Å². The van der Waals surface area contributed by atoms with Gasteiger partial charge in [-0.1, -0.05) is 23.4 Å². The second kappa shape index (κ2) is 10.6. The van der Waals surface area contributed by atoms with Crippen LogP contribution in [0.15, 0.2) is 47.2 Å². The zero-order valence-corrected chi connectivity index (χ0v) is 23.0. The lowest BCUT2D eigenvalue weighted by atomic mass is 9.96. The number of allylic oxidation sites excluding steroid dienone is 1. The summed E-state index contributed by atoms with van der Waals surface area (Å²) in [6.45, 7) is 10.3. The van der Waals surface area contributed by atoms with E-state index in [1.807, 2.05) is 32.3 Å². The van der Waals surface area contributed by atoms with Crippen molar-refractivity contribution in [2.24, 2.45) is 10.9 Å². The number of thioether (sulfide) groups is 1. The summed E-state index contributed by atoms with van der Waals surface area (Å²) in [6, 6.07) is 7.45. The molecule has 1 aliphatic carbocycles. The molecule has 1 aliphatic heterocycles. The van der Waals surface area contributed by atoms with Gasteiger partial charge in [-0.25, -0.2) is 0 Å². The molecule has 0 N–H and O–H groups in total. The number of nitrogens with zero attached hydrogens (tertiary/aromatic N) is 5. The summed E-state index contributed by atoms with van der Waals surface area (Å²) in [7, 11) is 3.93. The number of hydrogen-bond acceptors (Lipinski definition) is 5. The van der Waals surface area contributed by atoms with E-state index >= 15 is 0 Å². The van der Waals surface area contributed by atoms with E-state index in [-0.39, 0.29) is 11.1 Å². The van der Waals surface area contributed by atoms with Crippen LogP contribution in [0.2, 0.25) is 0 Å². The van der Waals surface area contributed by atoms with Crippen LogP contribution in [0.4, 0.5) is 8.78 Å². The van der Waals surface area contributed by atoms with E-state index in [2.05, 4.69) is 51.7 Å². The number of aryl methyl sites for hydroxylation is 1. The molecule has 0 unspecified atom stereocenters. The minimum absolute atomic E-state index is 0.109. The third-order valence-electron chi connectivity index (χ3n) is 7.40. The van der Waals surface area contributed by atoms with Gasteiger partial charge >= 0.3 is 0 Å². The molecule has 2 aromatic rings. The molecule has 194 valence electrons. The van der Waals surface area contributed by atoms with E-state index in [0.29, 0.717) is 5.92 Å². The van der Waals surface area contributed by atoms with Gasteiger partial charge in [0.05, 0.1) is 5.70 Å². The molecule has 3 heterocycles. The van der Waals surface area contributed by atoms with E-state index in [1.165, 1.54) is 11.6 Å². The highest BCUT2D eigenvalue weighted by atomic mass is 32.2. The maximum atomic E-state index is 13.5. The fourth-order valence-corrected chi connectivity index (χ4v) is 6.40. The van der Waals surface area contributed by atoms with Crippen molar-refractivity contribution in [3.63, 3.8) is 0 Å². The Hall–Kier alpha value is -2.32. The van der Waals surface area contributed by atoms with Crippen molar-refractivity contribution in [3.05, 3.63) is 64.7 Å². The van der Waals surface area contributed by atoms with E-state index < -0.39 is 5.92 Å². The Bertz CT molecular complexity index is 1140. The molecule has 5 nitrogen and oxygen atoms in total. The Morgan fingerprint density at radius 1 is 1.28 bits per heavy atom. The fraction of sp³-hybridized carbons (Fsp3) is 0.536. The molecule has 0 radical (unpaired) electrons. The molecule has 4 rings (SSSR count). The number of aromatic nitrogens is 2. The molecule has 1 saturated carbocycles. The Labute approximate surface area is 218 Å². The summed E-state index contributed by atoms with van der Waals surface area (Å²) in [5.41, 5.74) is 5.58. The van der Waals surface area contributed by atoms with Crippen LogP contribution in [-0.4, -0.2) is 64.4 Å². The number of rotatable bonds is 8. The van der Waals surface area contributed by atoms with Crippen molar-refractivity contribution in [3.8, 4) is 0 Å². The van der Waals surface area contributed by atoms with E-state index in [4.69, 9.17) is 0 Å². The Balaban J connectivity index is 1.30. The van der Waals surface area contributed by atoms with Crippen molar-refractivity contribution in [2.75, 3.05) is 39.5 Å². The van der Waals surface area contributed by atoms with Crippen molar-refractivity contribution in [2.45, 2.75) is 51.9 Å². The molecule has 0 aromatic carbocycles. The Kier molecular flexibility index (Phi) is 7.86. The van der Waals surface area contributed by atoms with E-state index in [9.17, 15) is 8.78 Å². The molecule has 1 saturated heterocycles. The summed E-state index contributed by atoms with van der Waals surface area (Å²) >= 11 is 1.78. The molecule has 8 heteroatoms. The maximum absolute atomic E-state index is 13.5. The highest BCUT2D eigenvalue weighted by Gasteiger charge is 2.60. The number of amidine groups is 1. The first-order valence-electron chi connectivity index (χ1n) is 12.6. The third kappa shape index (κ3) is 5.49. The number of aliphatic imine (C=N–C) groups is 1. The zero-order valence-electron chi connectivity index (χ0n) is 22.2. The Morgan fingerprint density at radius 3 is 2.67 bits per heavy atom. The smallest absolute Gasteiger partial charge is 0.286 e. The minimum Gasteiger partial charge on any atom is -0.324 e. The standard InChI is InChI=1S/C28H37F2N5S/c1-19(2)25(23-9-7-12-32-20(23)3)34(6)26(31-5)36-14-8-13-35-17-22-15-28(22,18-35)21-10-11-24(33-16-21)27(4,29)30/h7,9-12,16,22H,8,13-15,17-18H2,1-6H3/t22-,28+/m1/s1. The van der Waals surface area contributed by atoms with E-state index in [1.54, 1.807) is 18.0 Å². The number of alkyl halides is 2. The van der Waals surface area contributed by atoms with Gasteiger partial charge in [-0.15, -0.1) is 0 Å². The molecular formula is C28H37F2N5S. The highest BCUT2D eigenvalue weighted by Crippen LogP contribution is 2.58. The summed E-state index contributed by atoms with van der Waals surface area (Å²) in [5.74, 6) is -1.30. The summed E-state index contributed by atoms with van der Waals surface area (Å²) in [5, 5.41) is 0.995. The van der Waals surface area contributed by atoms with Crippen LogP contribution in [0.3, 0.4) is 0 Å². The molecular weight excluding hydrogens is 476 g/mol. The van der Waals surface area contributed by atoms with Crippen LogP contribution in [0.1, 0.15) is 56.1 Å². The second-order valence-electron chi connectivity index (χ2n) is 10.4. The van der Waals surface area contributed by atoms with Crippen LogP contribution in [0.25, 0.3) is 5.70 Å². The number of hydrogen-bond donors (Lipinski definition) is 0. The molecule has 2 atom stereocenters. The normalized spacial score (nSPS) is 21.9. The molecule has 0 amide bonds. The van der Waals surface area contributed by atoms with Crippen LogP contribution in [-0.2, 0) is 11.3 Å². The second-order valence-corrected chi connectivity index (χ2v) is 11.4. The van der Waals surface area contributed by atoms with E-state index in [0.717, 1.165) is 72.8 Å². The number of fused-ring (bicyclic) bond motifs is 1. The average molecular weight is 514 g/mol. The molecule has 2 aliphatic rings. The van der Waals surface area contributed by atoms with Gasteiger partial charge < -0.3 is 9.80 Å². The average Bonchev–Trinajstić information content (AvgIpc) is 3.41. The van der Waals surface area contributed by atoms with Crippen molar-refractivity contribution < 1.29 is 8.78 Å². The highest BCUT2D eigenvalue weighted by molar-refractivity contribution is 8.13. The van der Waals surface area contributed by atoms with Gasteiger partial charge in [-0.2, -0.15) is 8.78 Å². The molecule has 2 aromatic heterocycles. The number of halogens is 2. The van der Waals surface area contributed by atoms with Gasteiger partial charge in [-0.05, 0) is 69.8 Å². The predicted molar refractivity (Wildman–Crippen MR) is 145 cm³/mol. The summed E-state index contributed by atoms with van der Waals surface area (Å²) in [6.07, 6.45) is 5.71. The van der Waals surface area contributed by atoms with Crippen LogP contribution in [0.5, 0.6) is 0 Å². The summed E-state index contributed by atoms with van der Waals surface area (Å²) in [4.78, 5) is 17.8. The van der Waals surface area contributed by atoms with Crippen molar-refractivity contribution >= 4 is 22.6 Å². The van der Waals surface area contributed by atoms with Gasteiger partial charge in [0.1, 0.15) is 5.69 Å². The first-order valence-corrected chi connectivity index (χ1v) is 13.6. The van der Waals surface area contributed by atoms with Gasteiger partial charge in [-0.3, -0.25) is 15.0 Å². The quantitative estimate of drug-likeness (QED) is 0.248. The first kappa shape index (κ1) is 26.7. The minimum atomic E-state index is -2.89. The van der Waals surface area contributed by atoms with Crippen LogP contribution in [0, 0.1) is 12.8 Å². The van der Waals surface area contributed by atoms with Crippen molar-refractivity contribution in [1.29, 1.82) is 0 Å².